The topological polar surface area (TPSA) is 117 Å². The molecule has 0 aromatic rings. The highest BCUT2D eigenvalue weighted by atomic mass is 32.2. The number of ether oxygens (including phenoxy) is 1. The van der Waals surface area contributed by atoms with E-state index in [1.165, 1.54) is 25.9 Å². The van der Waals surface area contributed by atoms with E-state index in [0.717, 1.165) is 37.3 Å². The van der Waals surface area contributed by atoms with Crippen molar-refractivity contribution in [2.24, 2.45) is 4.36 Å². The van der Waals surface area contributed by atoms with Gasteiger partial charge in [-0.2, -0.15) is 29.3 Å². The average Bonchev–Trinajstić information content (AvgIpc) is 2.89. The second kappa shape index (κ2) is 25.2. The molecule has 2 N–H and O–H groups in total. The van der Waals surface area contributed by atoms with Gasteiger partial charge in [0, 0.05) is 54.7 Å². The van der Waals surface area contributed by atoms with E-state index in [2.05, 4.69) is 21.3 Å². The zero-order valence-corrected chi connectivity index (χ0v) is 27.0. The van der Waals surface area contributed by atoms with Crippen molar-refractivity contribution in [1.29, 1.82) is 0 Å². The summed E-state index contributed by atoms with van der Waals surface area (Å²) < 4.78 is 67.3. The van der Waals surface area contributed by atoms with Crippen LogP contribution in [0.1, 0.15) is 96.4 Å². The molecule has 0 radical (unpaired) electrons. The average molecular weight is 717 g/mol. The molecule has 3 rings (SSSR count). The number of carbonyl (C=O) groups is 2. The molecule has 5 atom stereocenters. The van der Waals surface area contributed by atoms with Gasteiger partial charge >= 0.3 is 18.2 Å². The van der Waals surface area contributed by atoms with Gasteiger partial charge in [-0.15, -0.1) is 0 Å². The first-order valence-corrected chi connectivity index (χ1v) is 18.4. The number of hydrogen-bond donors (Lipinski definition) is 2. The van der Waals surface area contributed by atoms with E-state index in [1.54, 1.807) is 11.2 Å². The van der Waals surface area contributed by atoms with Crippen LogP contribution in [0, 0.1) is 0 Å². The molecule has 0 aromatic heterocycles. The smallest absolute Gasteiger partial charge is 0.444 e. The quantitative estimate of drug-likeness (QED) is 0.322. The SMILES string of the molecule is C.C.C.C.C.CS(=O)(=NC(=O)C(F)(F)F)C1CCCNC1.CS(=O)C1CCCN(C(=O)OC(C)(C)C)C1.CSC1CCCNC1. The third-order valence-corrected chi connectivity index (χ3v) is 11.0. The maximum atomic E-state index is 12.0. The first kappa shape index (κ1) is 53.6. The molecule has 5 unspecified atom stereocenters. The molecule has 0 aliphatic carbocycles. The van der Waals surface area contributed by atoms with Gasteiger partial charge in [-0.3, -0.25) is 9.00 Å². The van der Waals surface area contributed by atoms with Crippen molar-refractivity contribution in [2.45, 2.75) is 124 Å². The number of carbonyl (C=O) groups excluding carboxylic acids is 2. The largest absolute Gasteiger partial charge is 0.474 e. The maximum Gasteiger partial charge on any atom is 0.474 e. The lowest BCUT2D eigenvalue weighted by Gasteiger charge is -2.33. The predicted octanol–water partition coefficient (Wildman–Crippen LogP) is 6.97. The van der Waals surface area contributed by atoms with E-state index in [0.29, 0.717) is 26.1 Å². The number of amides is 2. The molecule has 3 aliphatic heterocycles. The van der Waals surface area contributed by atoms with Gasteiger partial charge in [0.15, 0.2) is 0 Å². The molecule has 9 nitrogen and oxygen atoms in total. The summed E-state index contributed by atoms with van der Waals surface area (Å²) >= 11 is 1.98. The van der Waals surface area contributed by atoms with E-state index in [4.69, 9.17) is 4.74 Å². The number of halogens is 3. The number of hydrogen-bond acceptors (Lipinski definition) is 8. The Balaban J connectivity index is -0.000000176. The van der Waals surface area contributed by atoms with E-state index in [-0.39, 0.29) is 48.5 Å². The van der Waals surface area contributed by atoms with Crippen molar-refractivity contribution in [1.82, 2.24) is 15.5 Å². The molecular weight excluding hydrogens is 650 g/mol. The van der Waals surface area contributed by atoms with Crippen LogP contribution in [-0.4, -0.2) is 111 Å². The van der Waals surface area contributed by atoms with Crippen molar-refractivity contribution < 1.29 is 35.9 Å². The molecule has 3 fully saturated rings. The lowest BCUT2D eigenvalue weighted by Crippen LogP contribution is -2.45. The number of piperidine rings is 3. The summed E-state index contributed by atoms with van der Waals surface area (Å²) in [6.07, 6.45) is 5.53. The van der Waals surface area contributed by atoms with E-state index >= 15 is 0 Å². The first-order valence-electron chi connectivity index (χ1n) is 13.5. The third kappa shape index (κ3) is 22.3. The summed E-state index contributed by atoms with van der Waals surface area (Å²) in [5, 5.41) is 6.78. The van der Waals surface area contributed by atoms with Crippen LogP contribution in [-0.2, 0) is 30.1 Å². The van der Waals surface area contributed by atoms with Gasteiger partial charge < -0.3 is 20.3 Å². The summed E-state index contributed by atoms with van der Waals surface area (Å²) in [6.45, 7) is 10.4. The Kier molecular flexibility index (Phi) is 30.0. The Hall–Kier alpha value is -0.900. The van der Waals surface area contributed by atoms with Crippen LogP contribution >= 0.6 is 11.8 Å². The Morgan fingerprint density at radius 2 is 1.49 bits per heavy atom. The molecule has 3 heterocycles. The zero-order chi connectivity index (χ0) is 30.6. The van der Waals surface area contributed by atoms with Gasteiger partial charge in [0.25, 0.3) is 0 Å². The molecule has 0 bridgehead atoms. The highest BCUT2D eigenvalue weighted by Gasteiger charge is 2.40. The minimum absolute atomic E-state index is 0. The first-order chi connectivity index (χ1) is 18.5. The second-order valence-electron chi connectivity index (χ2n) is 11.1. The van der Waals surface area contributed by atoms with Crippen LogP contribution in [0.25, 0.3) is 0 Å². The molecule has 15 heteroatoms. The highest BCUT2D eigenvalue weighted by Crippen LogP contribution is 2.20. The lowest BCUT2D eigenvalue weighted by atomic mass is 10.1. The standard InChI is InChI=1S/C11H21NO3S.C8H13F3N2O2S.C6H13NS.5CH4/c1-11(2,3)15-10(13)12-7-5-6-9(8-12)16(4)14;1-16(15,6-3-2-4-12-5-6)13-7(14)8(9,10)11;1-8-6-3-2-4-7-5-6;;;;;/h9H,5-8H2,1-4H3;6,12H,2-5H2,1H3;6-7H,2-5H2,1H3;5*1H4. The van der Waals surface area contributed by atoms with E-state index < -0.39 is 43.5 Å². The van der Waals surface area contributed by atoms with Crippen LogP contribution in [0.3, 0.4) is 0 Å². The fourth-order valence-electron chi connectivity index (χ4n) is 4.21. The summed E-state index contributed by atoms with van der Waals surface area (Å²) in [7, 11) is -3.98. The number of alkyl halides is 3. The molecule has 276 valence electrons. The van der Waals surface area contributed by atoms with Crippen molar-refractivity contribution in [3.63, 3.8) is 0 Å². The molecule has 3 saturated heterocycles. The number of thioether (sulfide) groups is 1. The van der Waals surface area contributed by atoms with Gasteiger partial charge in [0.2, 0.25) is 0 Å². The molecule has 3 aliphatic rings. The van der Waals surface area contributed by atoms with Crippen LogP contribution in [0.5, 0.6) is 0 Å². The fourth-order valence-corrected chi connectivity index (χ4v) is 7.39. The van der Waals surface area contributed by atoms with Crippen molar-refractivity contribution in [3.8, 4) is 0 Å². The normalized spacial score (nSPS) is 23.1. The molecule has 0 saturated carbocycles. The number of nitrogens with one attached hydrogen (secondary N) is 2. The van der Waals surface area contributed by atoms with Crippen LogP contribution in [0.2, 0.25) is 0 Å². The fraction of sp³-hybridized carbons (Fsp3) is 0.933. The Morgan fingerprint density at radius 3 is 1.87 bits per heavy atom. The Bertz CT molecular complexity index is 944. The summed E-state index contributed by atoms with van der Waals surface area (Å²) in [5.41, 5.74) is -0.463. The molecule has 45 heavy (non-hydrogen) atoms. The van der Waals surface area contributed by atoms with Gasteiger partial charge in [-0.05, 0) is 78.6 Å². The summed E-state index contributed by atoms with van der Waals surface area (Å²) in [5.74, 6) is -2.26. The zero-order valence-electron chi connectivity index (χ0n) is 24.5. The van der Waals surface area contributed by atoms with Gasteiger partial charge in [-0.1, -0.05) is 37.1 Å². The third-order valence-electron chi connectivity index (χ3n) is 6.46. The second-order valence-corrected chi connectivity index (χ2v) is 16.5. The Labute approximate surface area is 281 Å². The van der Waals surface area contributed by atoms with Crippen molar-refractivity contribution >= 4 is 44.3 Å². The minimum Gasteiger partial charge on any atom is -0.444 e. The number of nitrogens with zero attached hydrogens (tertiary/aromatic N) is 2. The molecule has 2 amide bonds. The van der Waals surface area contributed by atoms with Gasteiger partial charge in [0.1, 0.15) is 5.60 Å². The van der Waals surface area contributed by atoms with Crippen LogP contribution < -0.4 is 10.6 Å². The van der Waals surface area contributed by atoms with E-state index in [9.17, 15) is 31.2 Å². The van der Waals surface area contributed by atoms with E-state index in [1.807, 2.05) is 32.5 Å². The monoisotopic (exact) mass is 716 g/mol. The Morgan fingerprint density at radius 1 is 0.956 bits per heavy atom. The molecular formula is C30H67F3N4O5S3. The maximum absolute atomic E-state index is 12.0. The van der Waals surface area contributed by atoms with Gasteiger partial charge in [-0.25, -0.2) is 9.00 Å². The van der Waals surface area contributed by atoms with Crippen LogP contribution in [0.4, 0.5) is 18.0 Å². The molecule has 0 spiro atoms. The van der Waals surface area contributed by atoms with Crippen LogP contribution in [0.15, 0.2) is 4.36 Å². The number of rotatable bonds is 3. The van der Waals surface area contributed by atoms with Crippen molar-refractivity contribution in [3.05, 3.63) is 0 Å². The summed E-state index contributed by atoms with van der Waals surface area (Å²) in [6, 6.07) is 0. The van der Waals surface area contributed by atoms with Gasteiger partial charge in [0.05, 0.1) is 20.2 Å². The predicted molar refractivity (Wildman–Crippen MR) is 191 cm³/mol. The van der Waals surface area contributed by atoms with Crippen molar-refractivity contribution in [2.75, 3.05) is 58.0 Å². The molecule has 0 aromatic carbocycles. The summed E-state index contributed by atoms with van der Waals surface area (Å²) in [4.78, 5) is 24.1. The lowest BCUT2D eigenvalue weighted by molar-refractivity contribution is -0.169. The minimum atomic E-state index is -5.04. The number of likely N-dealkylation sites (tertiary alicyclic amines) is 1. The highest BCUT2D eigenvalue weighted by molar-refractivity contribution is 7.99.